The molecule has 1 heterocycles. The molecule has 0 aliphatic carbocycles. The van der Waals surface area contributed by atoms with Crippen LogP contribution in [0.4, 0.5) is 5.69 Å². The van der Waals surface area contributed by atoms with Crippen LogP contribution in [0, 0.1) is 11.3 Å². The molecule has 1 aliphatic heterocycles. The molecule has 8 nitrogen and oxygen atoms in total. The summed E-state index contributed by atoms with van der Waals surface area (Å²) >= 11 is 1.22. The molecule has 0 bridgehead atoms. The number of thioether (sulfide) groups is 1. The maximum atomic E-state index is 13.0. The number of rotatable bonds is 9. The predicted octanol–water partition coefficient (Wildman–Crippen LogP) is 5.81. The lowest BCUT2D eigenvalue weighted by atomic mass is 10.0. The van der Waals surface area contributed by atoms with Gasteiger partial charge in [0.25, 0.3) is 5.91 Å². The van der Waals surface area contributed by atoms with Gasteiger partial charge in [-0.2, -0.15) is 5.26 Å². The van der Waals surface area contributed by atoms with Crippen LogP contribution in [-0.4, -0.2) is 41.2 Å². The summed E-state index contributed by atoms with van der Waals surface area (Å²) < 4.78 is 11.8. The Hall–Kier alpha value is -4.81. The van der Waals surface area contributed by atoms with Crippen molar-refractivity contribution in [2.24, 2.45) is 4.99 Å². The molecule has 196 valence electrons. The molecule has 3 aromatic carbocycles. The van der Waals surface area contributed by atoms with Gasteiger partial charge in [0.05, 0.1) is 34.9 Å². The molecule has 0 atom stereocenters. The maximum absolute atomic E-state index is 13.0. The number of aliphatic imine (C=N–C) groups is 1. The van der Waals surface area contributed by atoms with Gasteiger partial charge in [0.15, 0.2) is 16.7 Å². The molecule has 4 rings (SSSR count). The molecule has 3 aromatic rings. The number of methoxy groups -OCH3 is 1. The fourth-order valence-electron chi connectivity index (χ4n) is 3.89. The number of ether oxygens (including phenoxy) is 2. The van der Waals surface area contributed by atoms with E-state index in [4.69, 9.17) is 14.6 Å². The van der Waals surface area contributed by atoms with Crippen LogP contribution >= 0.6 is 11.8 Å². The third-order valence-corrected chi connectivity index (χ3v) is 6.95. The number of hydrogen-bond donors (Lipinski definition) is 1. The molecule has 39 heavy (non-hydrogen) atoms. The number of nitriles is 1. The van der Waals surface area contributed by atoms with E-state index in [-0.39, 0.29) is 18.1 Å². The van der Waals surface area contributed by atoms with E-state index in [1.54, 1.807) is 56.6 Å². The van der Waals surface area contributed by atoms with E-state index in [0.717, 1.165) is 16.7 Å². The molecule has 1 fully saturated rings. The van der Waals surface area contributed by atoms with Gasteiger partial charge in [0, 0.05) is 18.2 Å². The summed E-state index contributed by atoms with van der Waals surface area (Å²) in [6, 6.07) is 19.2. The van der Waals surface area contributed by atoms with Crippen molar-refractivity contribution in [2.75, 3.05) is 14.2 Å². The smallest absolute Gasteiger partial charge is 0.335 e. The van der Waals surface area contributed by atoms with Crippen LogP contribution in [0.15, 0.2) is 83.2 Å². The Balaban J connectivity index is 1.62. The number of carboxylic acids is 1. The summed E-state index contributed by atoms with van der Waals surface area (Å²) in [6.45, 7) is 4.04. The monoisotopic (exact) mass is 539 g/mol. The van der Waals surface area contributed by atoms with Crippen LogP contribution in [0.25, 0.3) is 6.08 Å². The van der Waals surface area contributed by atoms with Gasteiger partial charge in [-0.3, -0.25) is 9.69 Å². The molecule has 1 amide bonds. The number of aromatic carboxylic acids is 1. The summed E-state index contributed by atoms with van der Waals surface area (Å²) in [7, 11) is 3.18. The van der Waals surface area contributed by atoms with Crippen molar-refractivity contribution in [1.82, 2.24) is 4.90 Å². The number of benzene rings is 3. The molecular weight excluding hydrogens is 514 g/mol. The predicted molar refractivity (Wildman–Crippen MR) is 151 cm³/mol. The number of likely N-dealkylation sites (N-methyl/N-ethyl adjacent to an activating group) is 1. The minimum absolute atomic E-state index is 0.161. The lowest BCUT2D eigenvalue weighted by Crippen LogP contribution is -2.23. The Labute approximate surface area is 230 Å². The van der Waals surface area contributed by atoms with E-state index in [2.05, 4.69) is 17.6 Å². The van der Waals surface area contributed by atoms with E-state index in [0.29, 0.717) is 39.2 Å². The summed E-state index contributed by atoms with van der Waals surface area (Å²) in [5.74, 6) is -0.191. The third-order valence-electron chi connectivity index (χ3n) is 5.89. The van der Waals surface area contributed by atoms with Crippen LogP contribution in [0.5, 0.6) is 11.5 Å². The van der Waals surface area contributed by atoms with Crippen molar-refractivity contribution in [3.8, 4) is 17.6 Å². The van der Waals surface area contributed by atoms with Crippen molar-refractivity contribution < 1.29 is 24.2 Å². The number of hydrogen-bond acceptors (Lipinski definition) is 7. The highest BCUT2D eigenvalue weighted by Gasteiger charge is 2.30. The Morgan fingerprint density at radius 1 is 1.18 bits per heavy atom. The summed E-state index contributed by atoms with van der Waals surface area (Å²) in [4.78, 5) is 30.5. The fraction of sp³-hybridized carbons (Fsp3) is 0.133. The van der Waals surface area contributed by atoms with Crippen LogP contribution in [0.2, 0.25) is 0 Å². The highest BCUT2D eigenvalue weighted by Crippen LogP contribution is 2.38. The second-order valence-electron chi connectivity index (χ2n) is 8.48. The standard InChI is InChI=1S/C30H25N3O5S/c1-4-7-21-14-19(15-25(37-3)27(21)38-18-23-9-6-5-8-22(23)17-31)16-26-28(34)33(2)30(39-26)32-24-12-10-20(11-13-24)29(35)36/h4-6,8-16H,1,7,18H2,2-3H3,(H,35,36). The average molecular weight is 540 g/mol. The first-order chi connectivity index (χ1) is 18.8. The minimum atomic E-state index is -1.02. The van der Waals surface area contributed by atoms with Gasteiger partial charge in [-0.1, -0.05) is 24.3 Å². The lowest BCUT2D eigenvalue weighted by molar-refractivity contribution is -0.121. The molecular formula is C30H25N3O5S. The van der Waals surface area contributed by atoms with Crippen LogP contribution in [0.1, 0.15) is 32.6 Å². The van der Waals surface area contributed by atoms with Crippen molar-refractivity contribution in [3.05, 3.63) is 106 Å². The van der Waals surface area contributed by atoms with Gasteiger partial charge < -0.3 is 14.6 Å². The zero-order valence-corrected chi connectivity index (χ0v) is 22.2. The lowest BCUT2D eigenvalue weighted by Gasteiger charge is -2.16. The number of carboxylic acid groups (broad SMARTS) is 1. The van der Waals surface area contributed by atoms with Gasteiger partial charge in [0.2, 0.25) is 0 Å². The maximum Gasteiger partial charge on any atom is 0.335 e. The van der Waals surface area contributed by atoms with Gasteiger partial charge in [-0.05, 0) is 72.3 Å². The zero-order valence-electron chi connectivity index (χ0n) is 21.4. The molecule has 1 aliphatic rings. The first-order valence-electron chi connectivity index (χ1n) is 11.9. The Morgan fingerprint density at radius 2 is 1.92 bits per heavy atom. The van der Waals surface area contributed by atoms with Crippen LogP contribution in [-0.2, 0) is 17.8 Å². The first kappa shape index (κ1) is 27.2. The highest BCUT2D eigenvalue weighted by atomic mass is 32.2. The number of amidine groups is 1. The molecule has 0 radical (unpaired) electrons. The largest absolute Gasteiger partial charge is 0.493 e. The van der Waals surface area contributed by atoms with Crippen molar-refractivity contribution in [2.45, 2.75) is 13.0 Å². The number of carbonyl (C=O) groups is 2. The Kier molecular flexibility index (Phi) is 8.49. The highest BCUT2D eigenvalue weighted by molar-refractivity contribution is 8.18. The second-order valence-corrected chi connectivity index (χ2v) is 9.49. The second kappa shape index (κ2) is 12.2. The van der Waals surface area contributed by atoms with Gasteiger partial charge >= 0.3 is 5.97 Å². The third kappa shape index (κ3) is 6.20. The van der Waals surface area contributed by atoms with Crippen molar-refractivity contribution in [1.29, 1.82) is 5.26 Å². The SMILES string of the molecule is C=CCc1cc(C=C2SC(=Nc3ccc(C(=O)O)cc3)N(C)C2=O)cc(OC)c1OCc1ccccc1C#N. The van der Waals surface area contributed by atoms with E-state index in [1.807, 2.05) is 18.2 Å². The van der Waals surface area contributed by atoms with E-state index in [1.165, 1.54) is 28.8 Å². The van der Waals surface area contributed by atoms with Gasteiger partial charge in [-0.15, -0.1) is 6.58 Å². The first-order valence-corrected chi connectivity index (χ1v) is 12.7. The van der Waals surface area contributed by atoms with E-state index in [9.17, 15) is 14.9 Å². The molecule has 1 saturated heterocycles. The topological polar surface area (TPSA) is 112 Å². The molecule has 0 spiro atoms. The van der Waals surface area contributed by atoms with Crippen molar-refractivity contribution >= 4 is 40.6 Å². The van der Waals surface area contributed by atoms with Crippen LogP contribution in [0.3, 0.4) is 0 Å². The van der Waals surface area contributed by atoms with E-state index < -0.39 is 5.97 Å². The van der Waals surface area contributed by atoms with Crippen LogP contribution < -0.4 is 9.47 Å². The molecule has 0 aromatic heterocycles. The molecule has 0 saturated carbocycles. The number of amides is 1. The number of nitrogens with zero attached hydrogens (tertiary/aromatic N) is 3. The number of carbonyl (C=O) groups excluding carboxylic acids is 1. The van der Waals surface area contributed by atoms with Crippen molar-refractivity contribution in [3.63, 3.8) is 0 Å². The fourth-order valence-corrected chi connectivity index (χ4v) is 4.87. The summed E-state index contributed by atoms with van der Waals surface area (Å²) in [5, 5.41) is 19.0. The molecule has 1 N–H and O–H groups in total. The van der Waals surface area contributed by atoms with Gasteiger partial charge in [0.1, 0.15) is 6.61 Å². The zero-order chi connectivity index (χ0) is 27.9. The minimum Gasteiger partial charge on any atom is -0.493 e. The number of allylic oxidation sites excluding steroid dienone is 1. The quantitative estimate of drug-likeness (QED) is 0.270. The Bertz CT molecular complexity index is 1540. The average Bonchev–Trinajstić information content (AvgIpc) is 3.20. The summed E-state index contributed by atoms with van der Waals surface area (Å²) in [5.41, 5.74) is 3.57. The Morgan fingerprint density at radius 3 is 2.59 bits per heavy atom. The van der Waals surface area contributed by atoms with Gasteiger partial charge in [-0.25, -0.2) is 9.79 Å². The molecule has 0 unspecified atom stereocenters. The molecule has 9 heteroatoms. The normalized spacial score (nSPS) is 14.9. The summed E-state index contributed by atoms with van der Waals surface area (Å²) in [6.07, 6.45) is 4.03. The van der Waals surface area contributed by atoms with E-state index >= 15 is 0 Å².